The minimum absolute atomic E-state index is 0.224. The lowest BCUT2D eigenvalue weighted by Crippen LogP contribution is -2.29. The van der Waals surface area contributed by atoms with Gasteiger partial charge in [0.2, 0.25) is 0 Å². The average Bonchev–Trinajstić information content (AvgIpc) is 3.03. The average molecular weight is 276 g/mol. The van der Waals surface area contributed by atoms with Crippen molar-refractivity contribution in [2.24, 2.45) is 5.92 Å². The summed E-state index contributed by atoms with van der Waals surface area (Å²) in [6, 6.07) is 7.41. The molecule has 1 aromatic carbocycles. The highest BCUT2D eigenvalue weighted by atomic mass is 16.6. The van der Waals surface area contributed by atoms with Crippen LogP contribution in [0.4, 0.5) is 0 Å². The molecule has 1 aromatic rings. The summed E-state index contributed by atoms with van der Waals surface area (Å²) in [6.45, 7) is 2.06. The number of benzene rings is 1. The number of hydrogen-bond donors (Lipinski definition) is 0. The Hall–Kier alpha value is -1.39. The lowest BCUT2D eigenvalue weighted by atomic mass is 9.99. The summed E-state index contributed by atoms with van der Waals surface area (Å²) in [7, 11) is 1.66. The van der Waals surface area contributed by atoms with Crippen molar-refractivity contribution in [2.45, 2.75) is 31.5 Å². The molecule has 0 amide bonds. The number of methoxy groups -OCH3 is 1. The third kappa shape index (κ3) is 2.72. The van der Waals surface area contributed by atoms with E-state index in [1.807, 2.05) is 12.1 Å². The second-order valence-electron chi connectivity index (χ2n) is 5.64. The smallest absolute Gasteiger partial charge is 0.338 e. The van der Waals surface area contributed by atoms with Crippen LogP contribution in [0, 0.1) is 5.92 Å². The van der Waals surface area contributed by atoms with Crippen LogP contribution in [0.2, 0.25) is 0 Å². The first-order valence-corrected chi connectivity index (χ1v) is 7.12. The van der Waals surface area contributed by atoms with Gasteiger partial charge in [-0.05, 0) is 37.0 Å². The zero-order chi connectivity index (χ0) is 14.0. The van der Waals surface area contributed by atoms with Gasteiger partial charge < -0.3 is 14.2 Å². The van der Waals surface area contributed by atoms with Gasteiger partial charge in [0.1, 0.15) is 5.60 Å². The molecule has 0 bridgehead atoms. The van der Waals surface area contributed by atoms with E-state index in [1.165, 1.54) is 0 Å². The molecule has 1 heterocycles. The van der Waals surface area contributed by atoms with E-state index in [2.05, 4.69) is 0 Å². The van der Waals surface area contributed by atoms with Crippen molar-refractivity contribution in [3.8, 4) is 0 Å². The highest BCUT2D eigenvalue weighted by Crippen LogP contribution is 2.49. The summed E-state index contributed by atoms with van der Waals surface area (Å²) < 4.78 is 16.2. The van der Waals surface area contributed by atoms with Gasteiger partial charge >= 0.3 is 5.97 Å². The van der Waals surface area contributed by atoms with Crippen molar-refractivity contribution < 1.29 is 19.0 Å². The van der Waals surface area contributed by atoms with Gasteiger partial charge in [-0.15, -0.1) is 0 Å². The van der Waals surface area contributed by atoms with Crippen LogP contribution in [-0.2, 0) is 20.8 Å². The molecule has 2 aliphatic rings. The van der Waals surface area contributed by atoms with E-state index >= 15 is 0 Å². The van der Waals surface area contributed by atoms with Gasteiger partial charge in [-0.25, -0.2) is 4.79 Å². The van der Waals surface area contributed by atoms with Crippen molar-refractivity contribution in [1.29, 1.82) is 0 Å². The fourth-order valence-corrected chi connectivity index (χ4v) is 2.81. The van der Waals surface area contributed by atoms with Crippen molar-refractivity contribution in [1.82, 2.24) is 0 Å². The van der Waals surface area contributed by atoms with Crippen LogP contribution in [0.1, 0.15) is 35.2 Å². The van der Waals surface area contributed by atoms with Crippen LogP contribution < -0.4 is 0 Å². The van der Waals surface area contributed by atoms with Crippen LogP contribution in [-0.4, -0.2) is 31.9 Å². The van der Waals surface area contributed by atoms with Crippen molar-refractivity contribution >= 4 is 5.97 Å². The zero-order valence-electron chi connectivity index (χ0n) is 11.8. The molecular weight excluding hydrogens is 256 g/mol. The third-order valence-corrected chi connectivity index (χ3v) is 4.21. The molecule has 0 N–H and O–H groups in total. The zero-order valence-corrected chi connectivity index (χ0v) is 11.8. The maximum absolute atomic E-state index is 12.2. The Morgan fingerprint density at radius 3 is 2.65 bits per heavy atom. The van der Waals surface area contributed by atoms with Crippen molar-refractivity contribution in [3.63, 3.8) is 0 Å². The minimum atomic E-state index is -0.251. The molecule has 2 fully saturated rings. The molecule has 1 aliphatic heterocycles. The second kappa shape index (κ2) is 5.54. The number of carbonyl (C=O) groups excluding carboxylic acids is 1. The second-order valence-corrected chi connectivity index (χ2v) is 5.64. The predicted molar refractivity (Wildman–Crippen MR) is 73.5 cm³/mol. The Kier molecular flexibility index (Phi) is 3.76. The Morgan fingerprint density at radius 2 is 2.10 bits per heavy atom. The molecule has 1 atom stereocenters. The molecule has 1 aliphatic carbocycles. The van der Waals surface area contributed by atoms with E-state index in [1.54, 1.807) is 19.2 Å². The van der Waals surface area contributed by atoms with Gasteiger partial charge in [0.15, 0.2) is 0 Å². The highest BCUT2D eigenvalue weighted by molar-refractivity contribution is 5.89. The molecule has 20 heavy (non-hydrogen) atoms. The fourth-order valence-electron chi connectivity index (χ4n) is 2.81. The van der Waals surface area contributed by atoms with Gasteiger partial charge in [-0.2, -0.15) is 0 Å². The molecule has 4 nitrogen and oxygen atoms in total. The Labute approximate surface area is 119 Å². The summed E-state index contributed by atoms with van der Waals surface area (Å²) in [5.41, 5.74) is 1.41. The van der Waals surface area contributed by atoms with Crippen LogP contribution in [0.5, 0.6) is 0 Å². The van der Waals surface area contributed by atoms with Crippen LogP contribution in [0.3, 0.4) is 0 Å². The van der Waals surface area contributed by atoms with Gasteiger partial charge in [0, 0.05) is 19.6 Å². The van der Waals surface area contributed by atoms with E-state index in [0.29, 0.717) is 18.1 Å². The maximum Gasteiger partial charge on any atom is 0.338 e. The van der Waals surface area contributed by atoms with Gasteiger partial charge in [0.05, 0.1) is 18.8 Å². The monoisotopic (exact) mass is 276 g/mol. The van der Waals surface area contributed by atoms with E-state index < -0.39 is 0 Å². The van der Waals surface area contributed by atoms with E-state index in [4.69, 9.17) is 14.2 Å². The normalized spacial score (nSPS) is 23.6. The molecule has 1 saturated heterocycles. The molecule has 4 heteroatoms. The predicted octanol–water partition coefficient (Wildman–Crippen LogP) is 2.56. The summed E-state index contributed by atoms with van der Waals surface area (Å²) in [6.07, 6.45) is 2.93. The summed E-state index contributed by atoms with van der Waals surface area (Å²) >= 11 is 0. The quantitative estimate of drug-likeness (QED) is 0.775. The lowest BCUT2D eigenvalue weighted by molar-refractivity contribution is 0.000831. The molecule has 1 saturated carbocycles. The first kappa shape index (κ1) is 13.6. The highest BCUT2D eigenvalue weighted by Gasteiger charge is 2.54. The number of rotatable bonds is 5. The molecule has 0 spiro atoms. The maximum atomic E-state index is 12.2. The van der Waals surface area contributed by atoms with E-state index in [9.17, 15) is 4.79 Å². The van der Waals surface area contributed by atoms with Crippen LogP contribution >= 0.6 is 0 Å². The first-order chi connectivity index (χ1) is 9.73. The summed E-state index contributed by atoms with van der Waals surface area (Å²) in [5.74, 6) is 0.151. The summed E-state index contributed by atoms with van der Waals surface area (Å²) in [5, 5.41) is 0. The molecule has 0 unspecified atom stereocenters. The van der Waals surface area contributed by atoms with Crippen LogP contribution in [0.25, 0.3) is 0 Å². The van der Waals surface area contributed by atoms with E-state index in [0.717, 1.165) is 38.0 Å². The molecule has 0 radical (unpaired) electrons. The van der Waals surface area contributed by atoms with Crippen molar-refractivity contribution in [2.75, 3.05) is 20.3 Å². The Morgan fingerprint density at radius 1 is 1.35 bits per heavy atom. The van der Waals surface area contributed by atoms with Crippen molar-refractivity contribution in [3.05, 3.63) is 35.4 Å². The third-order valence-electron chi connectivity index (χ3n) is 4.21. The lowest BCUT2D eigenvalue weighted by Gasteiger charge is -2.22. The number of hydrogen-bond acceptors (Lipinski definition) is 4. The van der Waals surface area contributed by atoms with Gasteiger partial charge in [-0.1, -0.05) is 12.1 Å². The van der Waals surface area contributed by atoms with Gasteiger partial charge in [-0.3, -0.25) is 0 Å². The molecular formula is C16H20O4. The first-order valence-electron chi connectivity index (χ1n) is 7.12. The molecule has 3 rings (SSSR count). The number of ether oxygens (including phenoxy) is 3. The Balaban J connectivity index is 1.64. The van der Waals surface area contributed by atoms with Crippen LogP contribution in [0.15, 0.2) is 24.3 Å². The summed E-state index contributed by atoms with van der Waals surface area (Å²) in [4.78, 5) is 12.2. The largest absolute Gasteiger partial charge is 0.455 e. The standard InChI is InChI=1S/C16H20O4/c1-18-10-12-2-4-13(5-3-12)15(17)20-16(7-8-16)14-6-9-19-11-14/h2-5,14H,6-11H2,1H3/t14-/m1/s1. The fraction of sp³-hybridized carbons (Fsp3) is 0.562. The van der Waals surface area contributed by atoms with E-state index in [-0.39, 0.29) is 11.6 Å². The van der Waals surface area contributed by atoms with Gasteiger partial charge in [0.25, 0.3) is 0 Å². The molecule has 108 valence electrons. The number of esters is 1. The topological polar surface area (TPSA) is 44.8 Å². The molecule has 0 aromatic heterocycles. The SMILES string of the molecule is COCc1ccc(C(=O)OC2([C@@H]3CCOC3)CC2)cc1. The number of carbonyl (C=O) groups is 1. The minimum Gasteiger partial charge on any atom is -0.455 e. The Bertz CT molecular complexity index is 470.